The molecular weight excluding hydrogens is 362 g/mol. The first-order valence-corrected chi connectivity index (χ1v) is 8.26. The highest BCUT2D eigenvalue weighted by Crippen LogP contribution is 2.41. The summed E-state index contributed by atoms with van der Waals surface area (Å²) in [6.07, 6.45) is 0.667. The standard InChI is InChI=1S/C17H18F2N4O4/c18-10-2-1-8(7-11(10)19)17(27)5-3-9(4-6-17)23-15(25)12(20)13(14(21)24)22-16(23)26/h1-2,7,9,27H,3-6,20H2,(H2,21,24)(H,22,26). The summed E-state index contributed by atoms with van der Waals surface area (Å²) in [7, 11) is 0. The van der Waals surface area contributed by atoms with Gasteiger partial charge in [-0.2, -0.15) is 0 Å². The van der Waals surface area contributed by atoms with Gasteiger partial charge in [0.05, 0.1) is 5.60 Å². The van der Waals surface area contributed by atoms with Crippen molar-refractivity contribution in [3.05, 3.63) is 61.9 Å². The van der Waals surface area contributed by atoms with Crippen LogP contribution >= 0.6 is 0 Å². The van der Waals surface area contributed by atoms with Gasteiger partial charge in [0.15, 0.2) is 11.6 Å². The van der Waals surface area contributed by atoms with Gasteiger partial charge in [-0.15, -0.1) is 0 Å². The Kier molecular flexibility index (Phi) is 4.60. The van der Waals surface area contributed by atoms with Crippen molar-refractivity contribution in [1.82, 2.24) is 9.55 Å². The number of halogens is 2. The fourth-order valence-corrected chi connectivity index (χ4v) is 3.50. The van der Waals surface area contributed by atoms with E-state index in [0.717, 1.165) is 16.7 Å². The third-order valence-electron chi connectivity index (χ3n) is 5.02. The predicted molar refractivity (Wildman–Crippen MR) is 92.0 cm³/mol. The Balaban J connectivity index is 1.89. The van der Waals surface area contributed by atoms with Crippen LogP contribution in [0.15, 0.2) is 27.8 Å². The van der Waals surface area contributed by atoms with E-state index in [1.54, 1.807) is 0 Å². The Morgan fingerprint density at radius 2 is 1.85 bits per heavy atom. The maximum Gasteiger partial charge on any atom is 0.329 e. The summed E-state index contributed by atoms with van der Waals surface area (Å²) in [6, 6.07) is 2.61. The minimum Gasteiger partial charge on any atom is -0.392 e. The van der Waals surface area contributed by atoms with Crippen molar-refractivity contribution in [2.45, 2.75) is 37.3 Å². The SMILES string of the molecule is NC(=O)c1[nH]c(=O)n(C2CCC(O)(c3ccc(F)c(F)c3)CC2)c(=O)c1N. The molecule has 1 saturated carbocycles. The molecule has 0 saturated heterocycles. The van der Waals surface area contributed by atoms with E-state index in [1.807, 2.05) is 0 Å². The molecule has 2 aromatic rings. The summed E-state index contributed by atoms with van der Waals surface area (Å²) in [5, 5.41) is 10.8. The lowest BCUT2D eigenvalue weighted by molar-refractivity contribution is -0.0134. The van der Waals surface area contributed by atoms with Gasteiger partial charge in [-0.3, -0.25) is 14.2 Å². The maximum absolute atomic E-state index is 13.5. The van der Waals surface area contributed by atoms with Crippen molar-refractivity contribution >= 4 is 11.6 Å². The van der Waals surface area contributed by atoms with Crippen LogP contribution in [0.5, 0.6) is 0 Å². The van der Waals surface area contributed by atoms with Crippen molar-refractivity contribution in [3.63, 3.8) is 0 Å². The van der Waals surface area contributed by atoms with E-state index in [2.05, 4.69) is 4.98 Å². The molecule has 1 aliphatic carbocycles. The molecule has 1 aliphatic rings. The third kappa shape index (κ3) is 3.23. The normalized spacial score (nSPS) is 22.6. The highest BCUT2D eigenvalue weighted by Gasteiger charge is 2.37. The summed E-state index contributed by atoms with van der Waals surface area (Å²) in [6.45, 7) is 0. The van der Waals surface area contributed by atoms with Crippen LogP contribution in [0.2, 0.25) is 0 Å². The number of rotatable bonds is 3. The monoisotopic (exact) mass is 380 g/mol. The fraction of sp³-hybridized carbons (Fsp3) is 0.353. The molecule has 1 aromatic carbocycles. The van der Waals surface area contributed by atoms with E-state index < -0.39 is 51.8 Å². The van der Waals surface area contributed by atoms with Crippen LogP contribution in [0, 0.1) is 11.6 Å². The van der Waals surface area contributed by atoms with Crippen molar-refractivity contribution in [3.8, 4) is 0 Å². The number of benzene rings is 1. The Morgan fingerprint density at radius 3 is 2.41 bits per heavy atom. The van der Waals surface area contributed by atoms with Crippen molar-refractivity contribution in [2.75, 3.05) is 5.73 Å². The average Bonchev–Trinajstić information content (AvgIpc) is 2.62. The van der Waals surface area contributed by atoms with Crippen molar-refractivity contribution < 1.29 is 18.7 Å². The number of aromatic amines is 1. The molecule has 0 radical (unpaired) electrons. The number of aliphatic hydroxyl groups is 1. The second-order valence-electron chi connectivity index (χ2n) is 6.65. The summed E-state index contributed by atoms with van der Waals surface area (Å²) in [5.74, 6) is -3.10. The van der Waals surface area contributed by atoms with Crippen LogP contribution < -0.4 is 22.7 Å². The van der Waals surface area contributed by atoms with E-state index >= 15 is 0 Å². The zero-order valence-corrected chi connectivity index (χ0v) is 14.2. The van der Waals surface area contributed by atoms with Crippen LogP contribution in [0.4, 0.5) is 14.5 Å². The van der Waals surface area contributed by atoms with Crippen molar-refractivity contribution in [1.29, 1.82) is 0 Å². The third-order valence-corrected chi connectivity index (χ3v) is 5.02. The predicted octanol–water partition coefficient (Wildman–Crippen LogP) is 0.499. The van der Waals surface area contributed by atoms with Crippen LogP contribution in [-0.4, -0.2) is 20.6 Å². The molecule has 0 atom stereocenters. The van der Waals surface area contributed by atoms with Gasteiger partial charge >= 0.3 is 5.69 Å². The molecule has 0 bridgehead atoms. The molecule has 0 unspecified atom stereocenters. The van der Waals surface area contributed by atoms with Gasteiger partial charge in [0.2, 0.25) is 0 Å². The number of anilines is 1. The number of amides is 1. The number of carbonyl (C=O) groups is 1. The molecule has 10 heteroatoms. The Morgan fingerprint density at radius 1 is 1.22 bits per heavy atom. The highest BCUT2D eigenvalue weighted by molar-refractivity contribution is 5.95. The van der Waals surface area contributed by atoms with Gasteiger partial charge < -0.3 is 21.6 Å². The molecule has 144 valence electrons. The molecule has 8 nitrogen and oxygen atoms in total. The lowest BCUT2D eigenvalue weighted by Gasteiger charge is -2.36. The van der Waals surface area contributed by atoms with Gasteiger partial charge in [-0.25, -0.2) is 13.6 Å². The Bertz CT molecular complexity index is 1020. The quantitative estimate of drug-likeness (QED) is 0.613. The van der Waals surface area contributed by atoms with Crippen LogP contribution in [0.3, 0.4) is 0 Å². The number of primary amides is 1. The van der Waals surface area contributed by atoms with Gasteiger partial charge in [-0.1, -0.05) is 6.07 Å². The first-order chi connectivity index (χ1) is 12.6. The number of nitrogen functional groups attached to an aromatic ring is 1. The smallest absolute Gasteiger partial charge is 0.329 e. The number of hydrogen-bond donors (Lipinski definition) is 4. The summed E-state index contributed by atoms with van der Waals surface area (Å²) < 4.78 is 27.5. The first kappa shape index (κ1) is 18.8. The van der Waals surface area contributed by atoms with Crippen molar-refractivity contribution in [2.24, 2.45) is 5.73 Å². The summed E-state index contributed by atoms with van der Waals surface area (Å²) in [5.41, 5.74) is 6.94. The second-order valence-corrected chi connectivity index (χ2v) is 6.65. The molecule has 1 heterocycles. The fourth-order valence-electron chi connectivity index (χ4n) is 3.50. The number of hydrogen-bond acceptors (Lipinski definition) is 5. The molecule has 1 fully saturated rings. The van der Waals surface area contributed by atoms with Gasteiger partial charge in [0, 0.05) is 6.04 Å². The minimum absolute atomic E-state index is 0.117. The molecule has 3 rings (SSSR count). The highest BCUT2D eigenvalue weighted by atomic mass is 19.2. The van der Waals surface area contributed by atoms with E-state index in [1.165, 1.54) is 6.07 Å². The molecule has 0 aliphatic heterocycles. The second kappa shape index (κ2) is 6.62. The maximum atomic E-state index is 13.5. The minimum atomic E-state index is -1.40. The molecular formula is C17H18F2N4O4. The first-order valence-electron chi connectivity index (χ1n) is 8.26. The lowest BCUT2D eigenvalue weighted by atomic mass is 9.77. The van der Waals surface area contributed by atoms with Crippen LogP contribution in [-0.2, 0) is 5.60 Å². The molecule has 1 amide bonds. The molecule has 27 heavy (non-hydrogen) atoms. The van der Waals surface area contributed by atoms with Gasteiger partial charge in [0.1, 0.15) is 11.4 Å². The van der Waals surface area contributed by atoms with E-state index in [4.69, 9.17) is 11.5 Å². The molecule has 6 N–H and O–H groups in total. The number of nitrogens with zero attached hydrogens (tertiary/aromatic N) is 1. The van der Waals surface area contributed by atoms with Gasteiger partial charge in [0.25, 0.3) is 11.5 Å². The number of H-pyrrole nitrogens is 1. The van der Waals surface area contributed by atoms with Gasteiger partial charge in [-0.05, 0) is 43.4 Å². The lowest BCUT2D eigenvalue weighted by Crippen LogP contribution is -2.44. The van der Waals surface area contributed by atoms with Crippen LogP contribution in [0.25, 0.3) is 0 Å². The van der Waals surface area contributed by atoms with Crippen LogP contribution in [0.1, 0.15) is 47.8 Å². The van der Waals surface area contributed by atoms with E-state index in [-0.39, 0.29) is 31.2 Å². The largest absolute Gasteiger partial charge is 0.392 e. The Labute approximate surface area is 151 Å². The number of nitrogens with one attached hydrogen (secondary N) is 1. The summed E-state index contributed by atoms with van der Waals surface area (Å²) in [4.78, 5) is 38.0. The summed E-state index contributed by atoms with van der Waals surface area (Å²) >= 11 is 0. The number of nitrogens with two attached hydrogens (primary N) is 2. The zero-order valence-electron chi connectivity index (χ0n) is 14.2. The number of aromatic nitrogens is 2. The topological polar surface area (TPSA) is 144 Å². The van der Waals surface area contributed by atoms with E-state index in [0.29, 0.717) is 0 Å². The Hall–Kier alpha value is -3.01. The average molecular weight is 380 g/mol. The molecule has 0 spiro atoms. The molecule has 1 aromatic heterocycles. The number of carbonyl (C=O) groups excluding carboxylic acids is 1. The zero-order chi connectivity index (χ0) is 19.9. The van der Waals surface area contributed by atoms with E-state index in [9.17, 15) is 28.3 Å².